The van der Waals surface area contributed by atoms with Crippen molar-refractivity contribution in [2.24, 2.45) is 5.41 Å². The summed E-state index contributed by atoms with van der Waals surface area (Å²) in [6, 6.07) is 13.0. The third-order valence-corrected chi connectivity index (χ3v) is 4.47. The van der Waals surface area contributed by atoms with Crippen LogP contribution in [0.3, 0.4) is 0 Å². The van der Waals surface area contributed by atoms with Crippen LogP contribution >= 0.6 is 0 Å². The molecule has 0 unspecified atom stereocenters. The number of carbonyl (C=O) groups is 2. The average molecular weight is 409 g/mol. The fourth-order valence-electron chi connectivity index (χ4n) is 2.95. The van der Waals surface area contributed by atoms with E-state index in [9.17, 15) is 9.59 Å². The van der Waals surface area contributed by atoms with Crippen molar-refractivity contribution >= 4 is 23.4 Å². The first-order chi connectivity index (χ1) is 14.2. The number of nitrogens with zero attached hydrogens (tertiary/aromatic N) is 2. The molecule has 0 amide bonds. The Kier molecular flexibility index (Phi) is 6.10. The second-order valence-corrected chi connectivity index (χ2v) is 8.00. The molecule has 0 saturated carbocycles. The van der Waals surface area contributed by atoms with E-state index in [4.69, 9.17) is 14.5 Å². The van der Waals surface area contributed by atoms with Crippen LogP contribution in [0.15, 0.2) is 42.5 Å². The van der Waals surface area contributed by atoms with Crippen LogP contribution < -0.4 is 10.1 Å². The fourth-order valence-corrected chi connectivity index (χ4v) is 2.95. The van der Waals surface area contributed by atoms with Crippen molar-refractivity contribution in [2.45, 2.75) is 34.6 Å². The number of aromatic nitrogens is 2. The Morgan fingerprint density at radius 3 is 2.57 bits per heavy atom. The Bertz CT molecular complexity index is 1080. The molecule has 1 aromatic carbocycles. The summed E-state index contributed by atoms with van der Waals surface area (Å²) in [6.45, 7) is 9.49. The Labute approximate surface area is 176 Å². The summed E-state index contributed by atoms with van der Waals surface area (Å²) >= 11 is 0. The SMILES string of the molecule is CCOC(=O)CNc1c(-c2cccc(OC(=O)C(C)(C)C)c2)nc2cccc(C)n12. The predicted octanol–water partition coefficient (Wildman–Crippen LogP) is 4.24. The van der Waals surface area contributed by atoms with Crippen LogP contribution in [0.25, 0.3) is 16.9 Å². The van der Waals surface area contributed by atoms with Gasteiger partial charge in [0.05, 0.1) is 12.0 Å². The highest BCUT2D eigenvalue weighted by molar-refractivity contribution is 5.82. The smallest absolute Gasteiger partial charge is 0.325 e. The second kappa shape index (κ2) is 8.57. The maximum Gasteiger partial charge on any atom is 0.325 e. The van der Waals surface area contributed by atoms with Gasteiger partial charge in [0.1, 0.15) is 29.5 Å². The van der Waals surface area contributed by atoms with E-state index in [2.05, 4.69) is 5.32 Å². The topological polar surface area (TPSA) is 81.9 Å². The van der Waals surface area contributed by atoms with Gasteiger partial charge in [-0.3, -0.25) is 14.0 Å². The fraction of sp³-hybridized carbons (Fsp3) is 0.348. The molecule has 0 bridgehead atoms. The number of esters is 2. The van der Waals surface area contributed by atoms with Crippen LogP contribution in [0.1, 0.15) is 33.4 Å². The number of nitrogens with one attached hydrogen (secondary N) is 1. The molecule has 30 heavy (non-hydrogen) atoms. The summed E-state index contributed by atoms with van der Waals surface area (Å²) < 4.78 is 12.5. The molecular weight excluding hydrogens is 382 g/mol. The highest BCUT2D eigenvalue weighted by Gasteiger charge is 2.24. The number of hydrogen-bond donors (Lipinski definition) is 1. The van der Waals surface area contributed by atoms with E-state index in [1.54, 1.807) is 19.1 Å². The number of imidazole rings is 1. The van der Waals surface area contributed by atoms with Gasteiger partial charge in [0.15, 0.2) is 0 Å². The molecule has 0 atom stereocenters. The van der Waals surface area contributed by atoms with Crippen molar-refractivity contribution in [3.63, 3.8) is 0 Å². The Morgan fingerprint density at radius 1 is 1.13 bits per heavy atom. The molecule has 7 nitrogen and oxygen atoms in total. The third kappa shape index (κ3) is 4.62. The first kappa shape index (κ1) is 21.4. The number of anilines is 1. The maximum absolute atomic E-state index is 12.3. The van der Waals surface area contributed by atoms with Gasteiger partial charge in [-0.25, -0.2) is 4.98 Å². The van der Waals surface area contributed by atoms with Crippen LogP contribution in [-0.2, 0) is 14.3 Å². The zero-order valence-electron chi connectivity index (χ0n) is 18.0. The molecule has 0 saturated heterocycles. The molecular formula is C23H27N3O4. The molecule has 7 heteroatoms. The van der Waals surface area contributed by atoms with Crippen molar-refractivity contribution in [3.8, 4) is 17.0 Å². The summed E-state index contributed by atoms with van der Waals surface area (Å²) in [5, 5.41) is 3.16. The van der Waals surface area contributed by atoms with Crippen LogP contribution in [0.4, 0.5) is 5.82 Å². The summed E-state index contributed by atoms with van der Waals surface area (Å²) in [4.78, 5) is 28.9. The van der Waals surface area contributed by atoms with E-state index >= 15 is 0 Å². The lowest BCUT2D eigenvalue weighted by Crippen LogP contribution is -2.25. The van der Waals surface area contributed by atoms with E-state index < -0.39 is 5.41 Å². The minimum absolute atomic E-state index is 0.0155. The van der Waals surface area contributed by atoms with Gasteiger partial charge in [-0.1, -0.05) is 18.2 Å². The van der Waals surface area contributed by atoms with Gasteiger partial charge in [-0.15, -0.1) is 0 Å². The van der Waals surface area contributed by atoms with Crippen molar-refractivity contribution in [1.82, 2.24) is 9.38 Å². The van der Waals surface area contributed by atoms with E-state index in [1.807, 2.05) is 62.4 Å². The number of ether oxygens (including phenoxy) is 2. The van der Waals surface area contributed by atoms with E-state index in [1.165, 1.54) is 0 Å². The van der Waals surface area contributed by atoms with Gasteiger partial charge < -0.3 is 14.8 Å². The van der Waals surface area contributed by atoms with E-state index in [-0.39, 0.29) is 18.5 Å². The first-order valence-corrected chi connectivity index (χ1v) is 9.91. The highest BCUT2D eigenvalue weighted by atomic mass is 16.5. The highest BCUT2D eigenvalue weighted by Crippen LogP contribution is 2.32. The standard InChI is InChI=1S/C23H27N3O4/c1-6-29-19(27)14-24-21-20(25-18-12-7-9-15(2)26(18)21)16-10-8-11-17(13-16)30-22(28)23(3,4)5/h7-13,24H,6,14H2,1-5H3. The molecule has 0 aliphatic carbocycles. The quantitative estimate of drug-likeness (QED) is 0.484. The number of rotatable bonds is 6. The molecule has 0 fully saturated rings. The van der Waals surface area contributed by atoms with Gasteiger partial charge >= 0.3 is 11.9 Å². The molecule has 158 valence electrons. The zero-order chi connectivity index (χ0) is 21.9. The first-order valence-electron chi connectivity index (χ1n) is 9.91. The van der Waals surface area contributed by atoms with Crippen molar-refractivity contribution in [1.29, 1.82) is 0 Å². The lowest BCUT2D eigenvalue weighted by atomic mass is 9.97. The maximum atomic E-state index is 12.3. The summed E-state index contributed by atoms with van der Waals surface area (Å²) in [5.74, 6) is 0.457. The van der Waals surface area contributed by atoms with Gasteiger partial charge in [0.2, 0.25) is 0 Å². The summed E-state index contributed by atoms with van der Waals surface area (Å²) in [5.41, 5.74) is 2.52. The van der Waals surface area contributed by atoms with Crippen LogP contribution in [-0.4, -0.2) is 34.5 Å². The number of benzene rings is 1. The van der Waals surface area contributed by atoms with Gasteiger partial charge in [-0.2, -0.15) is 0 Å². The largest absolute Gasteiger partial charge is 0.465 e. The molecule has 2 heterocycles. The Hall–Kier alpha value is -3.35. The molecule has 0 radical (unpaired) electrons. The Balaban J connectivity index is 2.02. The molecule has 3 rings (SSSR count). The summed E-state index contributed by atoms with van der Waals surface area (Å²) in [7, 11) is 0. The van der Waals surface area contributed by atoms with Crippen molar-refractivity contribution in [2.75, 3.05) is 18.5 Å². The molecule has 1 N–H and O–H groups in total. The minimum atomic E-state index is -0.609. The van der Waals surface area contributed by atoms with Gasteiger partial charge in [-0.05, 0) is 58.9 Å². The second-order valence-electron chi connectivity index (χ2n) is 8.00. The van der Waals surface area contributed by atoms with E-state index in [0.29, 0.717) is 23.9 Å². The molecule has 0 aliphatic rings. The average Bonchev–Trinajstić information content (AvgIpc) is 3.06. The number of hydrogen-bond acceptors (Lipinski definition) is 6. The zero-order valence-corrected chi connectivity index (χ0v) is 18.0. The van der Waals surface area contributed by atoms with E-state index in [0.717, 1.165) is 16.9 Å². The monoisotopic (exact) mass is 409 g/mol. The van der Waals surface area contributed by atoms with Gasteiger partial charge in [0, 0.05) is 11.3 Å². The number of carbonyl (C=O) groups excluding carboxylic acids is 2. The third-order valence-electron chi connectivity index (χ3n) is 4.47. The lowest BCUT2D eigenvalue weighted by Gasteiger charge is -2.16. The molecule has 2 aromatic heterocycles. The predicted molar refractivity (Wildman–Crippen MR) is 116 cm³/mol. The molecule has 0 spiro atoms. The Morgan fingerprint density at radius 2 is 1.87 bits per heavy atom. The normalized spacial score (nSPS) is 11.4. The van der Waals surface area contributed by atoms with Crippen molar-refractivity contribution in [3.05, 3.63) is 48.2 Å². The van der Waals surface area contributed by atoms with Crippen LogP contribution in [0, 0.1) is 12.3 Å². The van der Waals surface area contributed by atoms with Crippen LogP contribution in [0.2, 0.25) is 0 Å². The van der Waals surface area contributed by atoms with Crippen LogP contribution in [0.5, 0.6) is 5.75 Å². The molecule has 0 aliphatic heterocycles. The lowest BCUT2D eigenvalue weighted by molar-refractivity contribution is -0.143. The number of aryl methyl sites for hydroxylation is 1. The van der Waals surface area contributed by atoms with Gasteiger partial charge in [0.25, 0.3) is 0 Å². The summed E-state index contributed by atoms with van der Waals surface area (Å²) in [6.07, 6.45) is 0. The van der Waals surface area contributed by atoms with Crippen molar-refractivity contribution < 1.29 is 19.1 Å². The number of fused-ring (bicyclic) bond motifs is 1. The molecule has 3 aromatic rings. The minimum Gasteiger partial charge on any atom is -0.465 e. The number of pyridine rings is 1.